The number of carbonyl (C=O) groups excluding carboxylic acids is 2. The van der Waals surface area contributed by atoms with E-state index >= 15 is 0 Å². The molecule has 0 aliphatic carbocycles. The lowest BCUT2D eigenvalue weighted by molar-refractivity contribution is -0.142. The zero-order chi connectivity index (χ0) is 18.9. The third-order valence-corrected chi connectivity index (χ3v) is 3.33. The lowest BCUT2D eigenvalue weighted by Gasteiger charge is -2.21. The van der Waals surface area contributed by atoms with Gasteiger partial charge in [-0.15, -0.1) is 0 Å². The van der Waals surface area contributed by atoms with Crippen LogP contribution in [0.4, 0.5) is 0 Å². The van der Waals surface area contributed by atoms with Crippen LogP contribution < -0.4 is 27.8 Å². The average Bonchev–Trinajstić information content (AvgIpc) is 2.48. The minimum absolute atomic E-state index is 0.0799. The zero-order valence-corrected chi connectivity index (χ0v) is 14.3. The van der Waals surface area contributed by atoms with Gasteiger partial charge in [0.15, 0.2) is 5.96 Å². The lowest BCUT2D eigenvalue weighted by Crippen LogP contribution is -2.54. The van der Waals surface area contributed by atoms with Crippen LogP contribution in [-0.2, 0) is 14.4 Å². The number of aliphatic imine (C=N–C) groups is 1. The summed E-state index contributed by atoms with van der Waals surface area (Å²) < 4.78 is 0. The van der Waals surface area contributed by atoms with Crippen molar-refractivity contribution in [1.29, 1.82) is 0 Å². The van der Waals surface area contributed by atoms with E-state index in [0.717, 1.165) is 0 Å². The van der Waals surface area contributed by atoms with E-state index in [1.54, 1.807) is 13.8 Å². The molecule has 0 aromatic heterocycles. The number of carboxylic acids is 1. The number of carbonyl (C=O) groups is 3. The van der Waals surface area contributed by atoms with Crippen molar-refractivity contribution in [3.8, 4) is 0 Å². The summed E-state index contributed by atoms with van der Waals surface area (Å²) in [6.45, 7) is 5.29. The summed E-state index contributed by atoms with van der Waals surface area (Å²) in [4.78, 5) is 38.8. The molecule has 0 radical (unpaired) electrons. The standard InChI is InChI=1S/C14H28N6O4/c1-7(2)10(15)12(22)19-8(3)11(21)20-9(13(23)24)5-4-6-18-14(16)17/h7-10H,4-6,15H2,1-3H3,(H,19,22)(H,20,21)(H,23,24)(H4,16,17,18). The molecule has 0 aliphatic heterocycles. The molecule has 10 nitrogen and oxygen atoms in total. The quantitative estimate of drug-likeness (QED) is 0.152. The van der Waals surface area contributed by atoms with Gasteiger partial charge in [0.25, 0.3) is 0 Å². The molecule has 24 heavy (non-hydrogen) atoms. The molecule has 0 saturated heterocycles. The van der Waals surface area contributed by atoms with Crippen molar-refractivity contribution in [3.05, 3.63) is 0 Å². The van der Waals surface area contributed by atoms with Crippen LogP contribution >= 0.6 is 0 Å². The third-order valence-electron chi connectivity index (χ3n) is 3.33. The number of nitrogens with zero attached hydrogens (tertiary/aromatic N) is 1. The number of guanidine groups is 1. The van der Waals surface area contributed by atoms with Gasteiger partial charge in [-0.2, -0.15) is 0 Å². The molecule has 0 aromatic carbocycles. The Kier molecular flexibility index (Phi) is 9.40. The molecule has 0 spiro atoms. The predicted octanol–water partition coefficient (Wildman–Crippen LogP) is -1.90. The summed E-state index contributed by atoms with van der Waals surface area (Å²) in [7, 11) is 0. The lowest BCUT2D eigenvalue weighted by atomic mass is 10.0. The number of amides is 2. The Balaban J connectivity index is 4.52. The minimum atomic E-state index is -1.18. The maximum atomic E-state index is 12.0. The number of carboxylic acid groups (broad SMARTS) is 1. The number of aliphatic carboxylic acids is 1. The molecule has 0 saturated carbocycles. The predicted molar refractivity (Wildman–Crippen MR) is 89.9 cm³/mol. The van der Waals surface area contributed by atoms with E-state index in [-0.39, 0.29) is 24.8 Å². The van der Waals surface area contributed by atoms with Crippen LogP contribution in [0.15, 0.2) is 4.99 Å². The summed E-state index contributed by atoms with van der Waals surface area (Å²) in [5.74, 6) is -2.41. The van der Waals surface area contributed by atoms with Gasteiger partial charge in [0, 0.05) is 6.54 Å². The van der Waals surface area contributed by atoms with Crippen LogP contribution in [-0.4, -0.2) is 53.5 Å². The first kappa shape index (κ1) is 21.6. The topological polar surface area (TPSA) is 186 Å². The van der Waals surface area contributed by atoms with Crippen molar-refractivity contribution in [3.63, 3.8) is 0 Å². The van der Waals surface area contributed by atoms with E-state index in [1.807, 2.05) is 0 Å². The first-order valence-electron chi connectivity index (χ1n) is 7.70. The van der Waals surface area contributed by atoms with E-state index in [2.05, 4.69) is 15.6 Å². The van der Waals surface area contributed by atoms with Crippen molar-refractivity contribution in [2.45, 2.75) is 51.7 Å². The van der Waals surface area contributed by atoms with Crippen molar-refractivity contribution in [2.24, 2.45) is 28.1 Å². The van der Waals surface area contributed by atoms with Gasteiger partial charge >= 0.3 is 5.97 Å². The Morgan fingerprint density at radius 2 is 1.67 bits per heavy atom. The smallest absolute Gasteiger partial charge is 0.326 e. The molecule has 3 atom stereocenters. The molecular formula is C14H28N6O4. The molecule has 0 bridgehead atoms. The minimum Gasteiger partial charge on any atom is -0.480 e. The molecule has 0 fully saturated rings. The largest absolute Gasteiger partial charge is 0.480 e. The highest BCUT2D eigenvalue weighted by atomic mass is 16.4. The monoisotopic (exact) mass is 344 g/mol. The Labute approximate surface area is 141 Å². The molecule has 0 aromatic rings. The van der Waals surface area contributed by atoms with Crippen LogP contribution in [0.2, 0.25) is 0 Å². The molecule has 10 heteroatoms. The Morgan fingerprint density at radius 1 is 1.08 bits per heavy atom. The second-order valence-electron chi connectivity index (χ2n) is 5.85. The molecule has 0 aliphatic rings. The highest BCUT2D eigenvalue weighted by Gasteiger charge is 2.25. The number of hydrogen-bond donors (Lipinski definition) is 6. The average molecular weight is 344 g/mol. The van der Waals surface area contributed by atoms with E-state index in [0.29, 0.717) is 6.42 Å². The van der Waals surface area contributed by atoms with Gasteiger partial charge in [0.1, 0.15) is 12.1 Å². The Hall–Kier alpha value is -2.36. The summed E-state index contributed by atoms with van der Waals surface area (Å²) in [6, 6.07) is -2.73. The van der Waals surface area contributed by atoms with Crippen LogP contribution in [0.3, 0.4) is 0 Å². The molecule has 3 unspecified atom stereocenters. The van der Waals surface area contributed by atoms with Crippen LogP contribution in [0.25, 0.3) is 0 Å². The van der Waals surface area contributed by atoms with Crippen LogP contribution in [0, 0.1) is 5.92 Å². The normalized spacial score (nSPS) is 14.4. The molecule has 0 rings (SSSR count). The van der Waals surface area contributed by atoms with Gasteiger partial charge in [0.05, 0.1) is 6.04 Å². The second kappa shape index (κ2) is 10.4. The molecule has 2 amide bonds. The van der Waals surface area contributed by atoms with Crippen molar-refractivity contribution < 1.29 is 19.5 Å². The van der Waals surface area contributed by atoms with Gasteiger partial charge in [-0.25, -0.2) is 4.79 Å². The van der Waals surface area contributed by atoms with Crippen molar-refractivity contribution in [1.82, 2.24) is 10.6 Å². The molecule has 138 valence electrons. The number of nitrogens with one attached hydrogen (secondary N) is 2. The maximum Gasteiger partial charge on any atom is 0.326 e. The fraction of sp³-hybridized carbons (Fsp3) is 0.714. The maximum absolute atomic E-state index is 12.0. The molecular weight excluding hydrogens is 316 g/mol. The fourth-order valence-electron chi connectivity index (χ4n) is 1.74. The number of hydrogen-bond acceptors (Lipinski definition) is 5. The van der Waals surface area contributed by atoms with Crippen molar-refractivity contribution in [2.75, 3.05) is 6.54 Å². The fourth-order valence-corrected chi connectivity index (χ4v) is 1.74. The third kappa shape index (κ3) is 8.32. The molecule has 0 heterocycles. The van der Waals surface area contributed by atoms with Gasteiger partial charge in [-0.05, 0) is 25.7 Å². The highest BCUT2D eigenvalue weighted by molar-refractivity contribution is 5.91. The van der Waals surface area contributed by atoms with Gasteiger partial charge in [0.2, 0.25) is 11.8 Å². The second-order valence-corrected chi connectivity index (χ2v) is 5.85. The molecule has 9 N–H and O–H groups in total. The van der Waals surface area contributed by atoms with E-state index in [9.17, 15) is 14.4 Å². The van der Waals surface area contributed by atoms with E-state index < -0.39 is 35.9 Å². The van der Waals surface area contributed by atoms with Gasteiger partial charge in [-0.3, -0.25) is 14.6 Å². The first-order chi connectivity index (χ1) is 11.1. The van der Waals surface area contributed by atoms with E-state index in [1.165, 1.54) is 6.92 Å². The summed E-state index contributed by atoms with van der Waals surface area (Å²) in [6.07, 6.45) is 0.540. The summed E-state index contributed by atoms with van der Waals surface area (Å²) >= 11 is 0. The van der Waals surface area contributed by atoms with E-state index in [4.69, 9.17) is 22.3 Å². The summed E-state index contributed by atoms with van der Waals surface area (Å²) in [5, 5.41) is 14.0. The summed E-state index contributed by atoms with van der Waals surface area (Å²) in [5.41, 5.74) is 16.0. The number of nitrogens with two attached hydrogens (primary N) is 3. The highest BCUT2D eigenvalue weighted by Crippen LogP contribution is 2.01. The van der Waals surface area contributed by atoms with Crippen molar-refractivity contribution >= 4 is 23.7 Å². The van der Waals surface area contributed by atoms with Gasteiger partial charge < -0.3 is 32.9 Å². The number of rotatable bonds is 10. The van der Waals surface area contributed by atoms with Crippen LogP contribution in [0.1, 0.15) is 33.6 Å². The Bertz CT molecular complexity index is 476. The SMILES string of the molecule is CC(NC(=O)C(N)C(C)C)C(=O)NC(CCCN=C(N)N)C(=O)O. The van der Waals surface area contributed by atoms with Crippen LogP contribution in [0.5, 0.6) is 0 Å². The van der Waals surface area contributed by atoms with Gasteiger partial charge in [-0.1, -0.05) is 13.8 Å². The Morgan fingerprint density at radius 3 is 2.12 bits per heavy atom. The zero-order valence-electron chi connectivity index (χ0n) is 14.3. The first-order valence-corrected chi connectivity index (χ1v) is 7.70.